The highest BCUT2D eigenvalue weighted by Gasteiger charge is 2.39. The maximum Gasteiger partial charge on any atom is 0.261 e. The van der Waals surface area contributed by atoms with E-state index >= 15 is 0 Å². The number of hydrogen-bond donors (Lipinski definition) is 2. The van der Waals surface area contributed by atoms with Crippen molar-refractivity contribution in [2.45, 2.75) is 37.4 Å². The molecular weight excluding hydrogens is 310 g/mol. The van der Waals surface area contributed by atoms with Gasteiger partial charge in [-0.2, -0.15) is 0 Å². The lowest BCUT2D eigenvalue weighted by molar-refractivity contribution is 0.0935. The monoisotopic (exact) mass is 329 g/mol. The van der Waals surface area contributed by atoms with Gasteiger partial charge in [0.15, 0.2) is 0 Å². The summed E-state index contributed by atoms with van der Waals surface area (Å²) in [5.74, 6) is 0.751. The Kier molecular flexibility index (Phi) is 3.79. The van der Waals surface area contributed by atoms with Crippen molar-refractivity contribution in [2.24, 2.45) is 0 Å². The summed E-state index contributed by atoms with van der Waals surface area (Å²) < 4.78 is 5.12. The first-order chi connectivity index (χ1) is 11.2. The zero-order valence-electron chi connectivity index (χ0n) is 12.9. The van der Waals surface area contributed by atoms with Crippen molar-refractivity contribution in [2.75, 3.05) is 7.11 Å². The molecule has 3 unspecified atom stereocenters. The van der Waals surface area contributed by atoms with Crippen LogP contribution in [-0.2, 0) is 0 Å². The van der Waals surface area contributed by atoms with Gasteiger partial charge in [0.05, 0.1) is 28.8 Å². The Morgan fingerprint density at radius 1 is 1.35 bits per heavy atom. The van der Waals surface area contributed by atoms with Crippen LogP contribution in [0.3, 0.4) is 0 Å². The van der Waals surface area contributed by atoms with Crippen molar-refractivity contribution < 1.29 is 9.53 Å². The average Bonchev–Trinajstić information content (AvgIpc) is 3.31. The van der Waals surface area contributed by atoms with Gasteiger partial charge in [-0.3, -0.25) is 9.78 Å². The van der Waals surface area contributed by atoms with Crippen molar-refractivity contribution in [3.8, 4) is 16.3 Å². The lowest BCUT2D eigenvalue weighted by Gasteiger charge is -2.20. The number of amides is 1. The Morgan fingerprint density at radius 2 is 2.26 bits per heavy atom. The number of nitrogens with one attached hydrogen (secondary N) is 2. The molecule has 0 saturated carbocycles. The van der Waals surface area contributed by atoms with E-state index in [9.17, 15) is 4.79 Å². The molecule has 2 aromatic heterocycles. The smallest absolute Gasteiger partial charge is 0.261 e. The number of thiophene rings is 1. The number of rotatable bonds is 4. The van der Waals surface area contributed by atoms with Crippen molar-refractivity contribution in [3.05, 3.63) is 35.3 Å². The van der Waals surface area contributed by atoms with Gasteiger partial charge in [0.1, 0.15) is 5.75 Å². The normalized spacial score (nSPS) is 25.5. The third kappa shape index (κ3) is 2.84. The molecule has 23 heavy (non-hydrogen) atoms. The Balaban J connectivity index is 1.45. The minimum Gasteiger partial charge on any atom is -0.495 e. The van der Waals surface area contributed by atoms with Gasteiger partial charge in [-0.15, -0.1) is 11.3 Å². The number of ether oxygens (including phenoxy) is 1. The zero-order chi connectivity index (χ0) is 15.8. The minimum absolute atomic E-state index is 0.0223. The summed E-state index contributed by atoms with van der Waals surface area (Å²) in [4.78, 5) is 18.5. The fraction of sp³-hybridized carbons (Fsp3) is 0.412. The Morgan fingerprint density at radius 3 is 2.91 bits per heavy atom. The first kappa shape index (κ1) is 14.7. The van der Waals surface area contributed by atoms with Crippen LogP contribution in [0.15, 0.2) is 30.5 Å². The predicted molar refractivity (Wildman–Crippen MR) is 89.9 cm³/mol. The van der Waals surface area contributed by atoms with Crippen LogP contribution in [0.1, 0.15) is 28.9 Å². The van der Waals surface area contributed by atoms with E-state index in [4.69, 9.17) is 4.74 Å². The second-order valence-electron chi connectivity index (χ2n) is 6.11. The van der Waals surface area contributed by atoms with Gasteiger partial charge in [-0.25, -0.2) is 0 Å². The maximum absolute atomic E-state index is 12.5. The molecule has 0 aromatic carbocycles. The number of pyridine rings is 1. The van der Waals surface area contributed by atoms with E-state index in [-0.39, 0.29) is 11.9 Å². The van der Waals surface area contributed by atoms with Crippen LogP contribution in [-0.4, -0.2) is 36.1 Å². The number of nitrogens with zero attached hydrogens (tertiary/aromatic N) is 1. The number of aromatic nitrogens is 1. The molecule has 1 amide bonds. The van der Waals surface area contributed by atoms with Gasteiger partial charge in [-0.05, 0) is 43.5 Å². The van der Waals surface area contributed by atoms with E-state index in [1.165, 1.54) is 24.2 Å². The van der Waals surface area contributed by atoms with E-state index < -0.39 is 0 Å². The van der Waals surface area contributed by atoms with Crippen LogP contribution in [0.25, 0.3) is 10.6 Å². The van der Waals surface area contributed by atoms with E-state index in [2.05, 4.69) is 15.6 Å². The van der Waals surface area contributed by atoms with Crippen LogP contribution >= 0.6 is 11.3 Å². The second kappa shape index (κ2) is 5.94. The van der Waals surface area contributed by atoms with Crippen molar-refractivity contribution in [1.29, 1.82) is 0 Å². The standard InChI is InChI=1S/C17H19N3O2S/c1-22-11-3-5-13(18-9-11)15-6-7-16(23-15)17(21)20-14-8-10-2-4-12(14)19-10/h3,5-7,9-10,12,14,19H,2,4,8H2,1H3,(H,20,21). The number of hydrogen-bond acceptors (Lipinski definition) is 5. The van der Waals surface area contributed by atoms with Crippen molar-refractivity contribution in [1.82, 2.24) is 15.6 Å². The molecule has 2 aliphatic heterocycles. The van der Waals surface area contributed by atoms with Gasteiger partial charge in [0.2, 0.25) is 0 Å². The van der Waals surface area contributed by atoms with Gasteiger partial charge in [0.25, 0.3) is 5.91 Å². The zero-order valence-corrected chi connectivity index (χ0v) is 13.7. The third-order valence-electron chi connectivity index (χ3n) is 4.67. The second-order valence-corrected chi connectivity index (χ2v) is 7.19. The molecule has 4 rings (SSSR count). The maximum atomic E-state index is 12.5. The number of carbonyl (C=O) groups is 1. The number of fused-ring (bicyclic) bond motifs is 2. The van der Waals surface area contributed by atoms with Crippen molar-refractivity contribution in [3.63, 3.8) is 0 Å². The van der Waals surface area contributed by atoms with Crippen LogP contribution in [0, 0.1) is 0 Å². The highest BCUT2D eigenvalue weighted by molar-refractivity contribution is 7.17. The Labute approximate surface area is 139 Å². The van der Waals surface area contributed by atoms with Crippen LogP contribution in [0.2, 0.25) is 0 Å². The Bertz CT molecular complexity index is 713. The fourth-order valence-corrected chi connectivity index (χ4v) is 4.35. The molecule has 2 fully saturated rings. The molecule has 2 aromatic rings. The number of carbonyl (C=O) groups excluding carboxylic acids is 1. The molecule has 5 nitrogen and oxygen atoms in total. The number of methoxy groups -OCH3 is 1. The van der Waals surface area contributed by atoms with Gasteiger partial charge in [-0.1, -0.05) is 0 Å². The summed E-state index contributed by atoms with van der Waals surface area (Å²) in [7, 11) is 1.62. The molecule has 0 radical (unpaired) electrons. The molecule has 2 aliphatic rings. The summed E-state index contributed by atoms with van der Waals surface area (Å²) in [5.41, 5.74) is 0.858. The highest BCUT2D eigenvalue weighted by Crippen LogP contribution is 2.30. The van der Waals surface area contributed by atoms with Gasteiger partial charge >= 0.3 is 0 Å². The van der Waals surface area contributed by atoms with Crippen LogP contribution in [0.4, 0.5) is 0 Å². The molecular formula is C17H19N3O2S. The van der Waals surface area contributed by atoms with E-state index in [1.54, 1.807) is 13.3 Å². The SMILES string of the molecule is COc1ccc(-c2ccc(C(=O)NC3CC4CCC3N4)s2)nc1. The molecule has 3 atom stereocenters. The summed E-state index contributed by atoms with van der Waals surface area (Å²) >= 11 is 1.48. The highest BCUT2D eigenvalue weighted by atomic mass is 32.1. The van der Waals surface area contributed by atoms with Crippen LogP contribution in [0.5, 0.6) is 5.75 Å². The lowest BCUT2D eigenvalue weighted by atomic mass is 9.95. The summed E-state index contributed by atoms with van der Waals surface area (Å²) in [6.45, 7) is 0. The molecule has 6 heteroatoms. The largest absolute Gasteiger partial charge is 0.495 e. The van der Waals surface area contributed by atoms with Crippen molar-refractivity contribution >= 4 is 17.2 Å². The molecule has 0 spiro atoms. The fourth-order valence-electron chi connectivity index (χ4n) is 3.47. The van der Waals surface area contributed by atoms with Gasteiger partial charge < -0.3 is 15.4 Å². The topological polar surface area (TPSA) is 63.2 Å². The quantitative estimate of drug-likeness (QED) is 0.904. The molecule has 120 valence electrons. The third-order valence-corrected chi connectivity index (χ3v) is 5.78. The first-order valence-electron chi connectivity index (χ1n) is 7.90. The first-order valence-corrected chi connectivity index (χ1v) is 8.72. The summed E-state index contributed by atoms with van der Waals surface area (Å²) in [6.07, 6.45) is 5.15. The molecule has 2 saturated heterocycles. The molecule has 2 N–H and O–H groups in total. The van der Waals surface area contributed by atoms with E-state index in [0.29, 0.717) is 12.1 Å². The Hall–Kier alpha value is -1.92. The van der Waals surface area contributed by atoms with E-state index in [0.717, 1.165) is 27.6 Å². The summed E-state index contributed by atoms with van der Waals surface area (Å²) in [6, 6.07) is 8.93. The van der Waals surface area contributed by atoms with Crippen LogP contribution < -0.4 is 15.4 Å². The van der Waals surface area contributed by atoms with E-state index in [1.807, 2.05) is 24.3 Å². The minimum atomic E-state index is 0.0223. The average molecular weight is 329 g/mol. The van der Waals surface area contributed by atoms with Gasteiger partial charge in [0, 0.05) is 18.1 Å². The summed E-state index contributed by atoms with van der Waals surface area (Å²) in [5, 5.41) is 6.72. The molecule has 4 heterocycles. The molecule has 2 bridgehead atoms. The molecule has 0 aliphatic carbocycles. The lowest BCUT2D eigenvalue weighted by Crippen LogP contribution is -2.42. The predicted octanol–water partition coefficient (Wildman–Crippen LogP) is 2.44.